The number of aliphatic hydroxyl groups excluding tert-OH is 1. The number of hydrogen-bond donors (Lipinski definition) is 2. The summed E-state index contributed by atoms with van der Waals surface area (Å²) in [6.45, 7) is 1.85. The van der Waals surface area contributed by atoms with E-state index in [-0.39, 0.29) is 0 Å². The largest absolute Gasteiger partial charge is 0.479 e. The summed E-state index contributed by atoms with van der Waals surface area (Å²) in [5.74, 6) is -1.21. The molecule has 2 N–H and O–H groups in total. The van der Waals surface area contributed by atoms with Crippen LogP contribution < -0.4 is 0 Å². The molecule has 0 amide bonds. The molecule has 0 radical (unpaired) electrons. The molecule has 3 nitrogen and oxygen atoms in total. The van der Waals surface area contributed by atoms with Gasteiger partial charge in [0.15, 0.2) is 6.10 Å². The zero-order valence-corrected chi connectivity index (χ0v) is 10.7. The Hall–Kier alpha value is -0.870. The molecular weight excluding hydrogens is 272 g/mol. The lowest BCUT2D eigenvalue weighted by Gasteiger charge is -2.13. The fraction of sp³-hybridized carbons (Fsp3) is 0.417. The van der Waals surface area contributed by atoms with Crippen molar-refractivity contribution in [3.63, 3.8) is 0 Å². The average Bonchev–Trinajstić information content (AvgIpc) is 2.26. The summed E-state index contributed by atoms with van der Waals surface area (Å²) in [4.78, 5) is 10.7. The Kier molecular flexibility index (Phi) is 4.96. The van der Waals surface area contributed by atoms with Crippen molar-refractivity contribution in [2.45, 2.75) is 25.9 Å². The van der Waals surface area contributed by atoms with Gasteiger partial charge in [0, 0.05) is 5.33 Å². The molecule has 0 saturated heterocycles. The van der Waals surface area contributed by atoms with Crippen molar-refractivity contribution in [1.82, 2.24) is 0 Å². The van der Waals surface area contributed by atoms with Crippen LogP contribution in [0.2, 0.25) is 0 Å². The van der Waals surface area contributed by atoms with Gasteiger partial charge in [-0.3, -0.25) is 0 Å². The van der Waals surface area contributed by atoms with Gasteiger partial charge in [0.1, 0.15) is 0 Å². The number of hydrogen-bond acceptors (Lipinski definition) is 2. The first-order valence-electron chi connectivity index (χ1n) is 5.13. The molecule has 1 atom stereocenters. The second kappa shape index (κ2) is 6.01. The number of alkyl halides is 1. The molecule has 88 valence electrons. The normalized spacial score (nSPS) is 12.4. The Bertz CT molecular complexity index is 377. The number of aryl methyl sites for hydroxylation is 1. The topological polar surface area (TPSA) is 57.5 Å². The van der Waals surface area contributed by atoms with E-state index in [1.165, 1.54) is 0 Å². The minimum absolute atomic E-state index is 0.486. The number of rotatable bonds is 5. The molecule has 0 spiro atoms. The first-order chi connectivity index (χ1) is 7.57. The van der Waals surface area contributed by atoms with Crippen LogP contribution in [-0.2, 0) is 11.2 Å². The van der Waals surface area contributed by atoms with Crippen LogP contribution in [-0.4, -0.2) is 21.5 Å². The molecule has 0 aliphatic rings. The molecule has 0 aliphatic heterocycles. The van der Waals surface area contributed by atoms with E-state index < -0.39 is 12.1 Å². The summed E-state index contributed by atoms with van der Waals surface area (Å²) in [7, 11) is 0. The Labute approximate surface area is 103 Å². The highest BCUT2D eigenvalue weighted by Gasteiger charge is 2.18. The molecule has 0 saturated carbocycles. The van der Waals surface area contributed by atoms with E-state index >= 15 is 0 Å². The molecule has 1 aromatic rings. The summed E-state index contributed by atoms with van der Waals surface area (Å²) in [6, 6.07) is 5.42. The minimum Gasteiger partial charge on any atom is -0.479 e. The maximum absolute atomic E-state index is 10.7. The van der Waals surface area contributed by atoms with Crippen LogP contribution in [0.4, 0.5) is 0 Å². The number of carboxylic acid groups (broad SMARTS) is 1. The van der Waals surface area contributed by atoms with Crippen LogP contribution in [0.25, 0.3) is 0 Å². The third-order valence-corrected chi connectivity index (χ3v) is 3.16. The Morgan fingerprint density at radius 3 is 2.75 bits per heavy atom. The van der Waals surface area contributed by atoms with Crippen molar-refractivity contribution < 1.29 is 15.0 Å². The maximum Gasteiger partial charge on any atom is 0.337 e. The Balaban J connectivity index is 2.98. The van der Waals surface area contributed by atoms with Crippen molar-refractivity contribution in [1.29, 1.82) is 0 Å². The first kappa shape index (κ1) is 13.2. The lowest BCUT2D eigenvalue weighted by Crippen LogP contribution is -2.12. The predicted octanol–water partition coefficient (Wildman–Crippen LogP) is 2.44. The highest BCUT2D eigenvalue weighted by Crippen LogP contribution is 2.22. The van der Waals surface area contributed by atoms with Crippen LogP contribution in [0.3, 0.4) is 0 Å². The third kappa shape index (κ3) is 3.06. The van der Waals surface area contributed by atoms with Gasteiger partial charge >= 0.3 is 5.97 Å². The predicted molar refractivity (Wildman–Crippen MR) is 65.9 cm³/mol. The summed E-state index contributed by atoms with van der Waals surface area (Å²) in [5.41, 5.74) is 2.45. The maximum atomic E-state index is 10.7. The first-order valence-corrected chi connectivity index (χ1v) is 6.25. The number of aliphatic hydroxyl groups is 1. The summed E-state index contributed by atoms with van der Waals surface area (Å²) in [5, 5.41) is 19.2. The van der Waals surface area contributed by atoms with Gasteiger partial charge < -0.3 is 10.2 Å². The van der Waals surface area contributed by atoms with Gasteiger partial charge in [-0.15, -0.1) is 0 Å². The molecule has 4 heteroatoms. The molecule has 0 aromatic heterocycles. The van der Waals surface area contributed by atoms with Crippen LogP contribution >= 0.6 is 15.9 Å². The van der Waals surface area contributed by atoms with E-state index in [0.717, 1.165) is 29.3 Å². The molecule has 1 aromatic carbocycles. The second-order valence-corrected chi connectivity index (χ2v) is 4.46. The van der Waals surface area contributed by atoms with E-state index in [0.29, 0.717) is 5.56 Å². The van der Waals surface area contributed by atoms with Crippen molar-refractivity contribution in [2.24, 2.45) is 0 Å². The standard InChI is InChI=1S/C12H15BrO3/c1-8-9(5-3-7-13)4-2-6-10(8)11(14)12(15)16/h2,4,6,11,14H,3,5,7H2,1H3,(H,15,16). The van der Waals surface area contributed by atoms with Crippen LogP contribution in [0.1, 0.15) is 29.2 Å². The highest BCUT2D eigenvalue weighted by atomic mass is 79.9. The molecule has 0 fully saturated rings. The van der Waals surface area contributed by atoms with Gasteiger partial charge in [-0.2, -0.15) is 0 Å². The lowest BCUT2D eigenvalue weighted by atomic mass is 9.96. The second-order valence-electron chi connectivity index (χ2n) is 3.66. The van der Waals surface area contributed by atoms with Gasteiger partial charge in [0.05, 0.1) is 0 Å². The zero-order chi connectivity index (χ0) is 12.1. The molecular formula is C12H15BrO3. The summed E-state index contributed by atoms with van der Waals surface area (Å²) in [6.07, 6.45) is 0.453. The fourth-order valence-corrected chi connectivity index (χ4v) is 1.94. The molecule has 0 bridgehead atoms. The molecule has 0 heterocycles. The fourth-order valence-electron chi connectivity index (χ4n) is 1.66. The van der Waals surface area contributed by atoms with Gasteiger partial charge in [0.2, 0.25) is 0 Å². The SMILES string of the molecule is Cc1c(CCCBr)cccc1C(O)C(=O)O. The smallest absolute Gasteiger partial charge is 0.337 e. The van der Waals surface area contributed by atoms with Crippen molar-refractivity contribution in [2.75, 3.05) is 5.33 Å². The molecule has 0 aliphatic carbocycles. The van der Waals surface area contributed by atoms with E-state index in [1.54, 1.807) is 12.1 Å². The summed E-state index contributed by atoms with van der Waals surface area (Å²) >= 11 is 3.36. The average molecular weight is 287 g/mol. The minimum atomic E-state index is -1.43. The molecule has 1 rings (SSSR count). The van der Waals surface area contributed by atoms with Gasteiger partial charge in [-0.25, -0.2) is 4.79 Å². The number of carbonyl (C=O) groups is 1. The summed E-state index contributed by atoms with van der Waals surface area (Å²) < 4.78 is 0. The third-order valence-electron chi connectivity index (χ3n) is 2.60. The number of halogens is 1. The van der Waals surface area contributed by atoms with Crippen molar-refractivity contribution >= 4 is 21.9 Å². The van der Waals surface area contributed by atoms with E-state index in [1.807, 2.05) is 13.0 Å². The number of benzene rings is 1. The lowest BCUT2D eigenvalue weighted by molar-refractivity contribution is -0.147. The van der Waals surface area contributed by atoms with Crippen LogP contribution in [0.15, 0.2) is 18.2 Å². The van der Waals surface area contributed by atoms with Gasteiger partial charge in [0.25, 0.3) is 0 Å². The molecule has 1 unspecified atom stereocenters. The monoisotopic (exact) mass is 286 g/mol. The van der Waals surface area contributed by atoms with E-state index in [2.05, 4.69) is 15.9 Å². The Morgan fingerprint density at radius 1 is 1.50 bits per heavy atom. The van der Waals surface area contributed by atoms with Crippen LogP contribution in [0, 0.1) is 6.92 Å². The molecule has 16 heavy (non-hydrogen) atoms. The van der Waals surface area contributed by atoms with E-state index in [4.69, 9.17) is 5.11 Å². The van der Waals surface area contributed by atoms with Gasteiger partial charge in [-0.05, 0) is 36.5 Å². The van der Waals surface area contributed by atoms with Gasteiger partial charge in [-0.1, -0.05) is 34.1 Å². The number of aliphatic carboxylic acids is 1. The Morgan fingerprint density at radius 2 is 2.19 bits per heavy atom. The van der Waals surface area contributed by atoms with Crippen molar-refractivity contribution in [3.8, 4) is 0 Å². The number of carboxylic acids is 1. The van der Waals surface area contributed by atoms with E-state index in [9.17, 15) is 9.90 Å². The quantitative estimate of drug-likeness (QED) is 0.818. The zero-order valence-electron chi connectivity index (χ0n) is 9.11. The van der Waals surface area contributed by atoms with Crippen molar-refractivity contribution in [3.05, 3.63) is 34.9 Å². The highest BCUT2D eigenvalue weighted by molar-refractivity contribution is 9.09. The van der Waals surface area contributed by atoms with Crippen LogP contribution in [0.5, 0.6) is 0 Å².